The fourth-order valence-electron chi connectivity index (χ4n) is 2.03. The number of thiol groups is 1. The maximum atomic E-state index is 13.2. The molecule has 0 aliphatic heterocycles. The summed E-state index contributed by atoms with van der Waals surface area (Å²) in [6.07, 6.45) is 3.99. The van der Waals surface area contributed by atoms with Crippen LogP contribution in [-0.4, -0.2) is 15.2 Å². The molecule has 0 N–H and O–H groups in total. The van der Waals surface area contributed by atoms with E-state index in [0.29, 0.717) is 16.6 Å². The third-order valence-electron chi connectivity index (χ3n) is 2.94. The van der Waals surface area contributed by atoms with Crippen LogP contribution in [0.15, 0.2) is 42.7 Å². The number of hydrogen-bond donors (Lipinski definition) is 1. The van der Waals surface area contributed by atoms with Gasteiger partial charge in [0.1, 0.15) is 11.5 Å². The van der Waals surface area contributed by atoms with Crippen molar-refractivity contribution in [2.75, 3.05) is 0 Å². The lowest BCUT2D eigenvalue weighted by Gasteiger charge is -2.02. The average molecular weight is 272 g/mol. The van der Waals surface area contributed by atoms with Crippen molar-refractivity contribution in [3.8, 4) is 11.1 Å². The molecule has 0 saturated heterocycles. The van der Waals surface area contributed by atoms with Crippen molar-refractivity contribution in [1.29, 1.82) is 0 Å². The Kier molecular flexibility index (Phi) is 2.83. The van der Waals surface area contributed by atoms with Crippen LogP contribution in [0.1, 0.15) is 10.4 Å². The molecule has 2 heterocycles. The van der Waals surface area contributed by atoms with Crippen LogP contribution >= 0.6 is 12.8 Å². The number of nitrogens with zero attached hydrogens (tertiary/aromatic N) is 2. The fourth-order valence-corrected chi connectivity index (χ4v) is 2.32. The molecular formula is C14H9FN2OS. The Morgan fingerprint density at radius 1 is 1.26 bits per heavy atom. The Hall–Kier alpha value is -2.14. The Balaban J connectivity index is 2.23. The van der Waals surface area contributed by atoms with Gasteiger partial charge in [-0.1, -0.05) is 24.9 Å². The molecule has 3 rings (SSSR count). The van der Waals surface area contributed by atoms with Gasteiger partial charge < -0.3 is 0 Å². The summed E-state index contributed by atoms with van der Waals surface area (Å²) in [4.78, 5) is 15.3. The number of fused-ring (bicyclic) bond motifs is 1. The van der Waals surface area contributed by atoms with E-state index in [0.717, 1.165) is 17.4 Å². The number of aldehydes is 1. The molecule has 0 bridgehead atoms. The molecule has 3 nitrogen and oxygen atoms in total. The Morgan fingerprint density at radius 3 is 2.84 bits per heavy atom. The zero-order valence-corrected chi connectivity index (χ0v) is 10.6. The molecule has 94 valence electrons. The number of carbonyl (C=O) groups excluding carboxylic acids is 1. The highest BCUT2D eigenvalue weighted by Crippen LogP contribution is 2.26. The lowest BCUT2D eigenvalue weighted by molar-refractivity contribution is 0.112. The molecule has 0 saturated carbocycles. The van der Waals surface area contributed by atoms with Crippen molar-refractivity contribution >= 4 is 30.1 Å². The molecule has 0 aliphatic carbocycles. The number of rotatable bonds is 2. The van der Waals surface area contributed by atoms with E-state index in [1.165, 1.54) is 16.1 Å². The molecule has 3 aromatic rings. The number of hydrogen-bond acceptors (Lipinski definition) is 3. The monoisotopic (exact) mass is 272 g/mol. The van der Waals surface area contributed by atoms with Crippen LogP contribution < -0.4 is 0 Å². The second-order valence-corrected chi connectivity index (χ2v) is 4.58. The van der Waals surface area contributed by atoms with Gasteiger partial charge in [-0.25, -0.2) is 9.37 Å². The van der Waals surface area contributed by atoms with Gasteiger partial charge >= 0.3 is 0 Å². The first kappa shape index (κ1) is 11.9. The summed E-state index contributed by atoms with van der Waals surface area (Å²) >= 11 is 4.20. The number of benzene rings is 1. The third-order valence-corrected chi connectivity index (χ3v) is 3.25. The van der Waals surface area contributed by atoms with Crippen LogP contribution in [0.25, 0.3) is 22.2 Å². The van der Waals surface area contributed by atoms with Gasteiger partial charge in [-0.15, -0.1) is 0 Å². The van der Waals surface area contributed by atoms with E-state index in [-0.39, 0.29) is 5.82 Å². The Labute approximate surface area is 114 Å². The smallest absolute Gasteiger partial charge is 0.152 e. The highest BCUT2D eigenvalue weighted by Gasteiger charge is 2.09. The van der Waals surface area contributed by atoms with E-state index in [1.54, 1.807) is 24.5 Å². The molecule has 2 aromatic heterocycles. The molecule has 0 fully saturated rings. The van der Waals surface area contributed by atoms with E-state index in [9.17, 15) is 9.18 Å². The molecule has 0 aliphatic rings. The van der Waals surface area contributed by atoms with E-state index < -0.39 is 0 Å². The minimum atomic E-state index is -0.306. The van der Waals surface area contributed by atoms with Crippen LogP contribution in [0.4, 0.5) is 4.39 Å². The second kappa shape index (κ2) is 4.51. The lowest BCUT2D eigenvalue weighted by Crippen LogP contribution is -1.85. The van der Waals surface area contributed by atoms with Crippen molar-refractivity contribution in [3.63, 3.8) is 0 Å². The van der Waals surface area contributed by atoms with Gasteiger partial charge in [-0.3, -0.25) is 8.77 Å². The van der Waals surface area contributed by atoms with Crippen LogP contribution in [0.5, 0.6) is 0 Å². The Bertz CT molecular complexity index is 782. The summed E-state index contributed by atoms with van der Waals surface area (Å²) in [7, 11) is 0. The van der Waals surface area contributed by atoms with E-state index >= 15 is 0 Å². The average Bonchev–Trinajstić information content (AvgIpc) is 2.75. The van der Waals surface area contributed by atoms with E-state index in [2.05, 4.69) is 17.8 Å². The fraction of sp³-hybridized carbons (Fsp3) is 0. The highest BCUT2D eigenvalue weighted by molar-refractivity contribution is 7.78. The molecule has 0 spiro atoms. The number of aromatic nitrogens is 2. The van der Waals surface area contributed by atoms with E-state index in [1.807, 2.05) is 6.07 Å². The van der Waals surface area contributed by atoms with Gasteiger partial charge in [0, 0.05) is 28.9 Å². The number of carbonyl (C=O) groups is 1. The van der Waals surface area contributed by atoms with Gasteiger partial charge in [-0.2, -0.15) is 0 Å². The third kappa shape index (κ3) is 2.02. The normalized spacial score (nSPS) is 10.8. The zero-order valence-electron chi connectivity index (χ0n) is 9.75. The minimum Gasteiger partial charge on any atom is -0.298 e. The van der Waals surface area contributed by atoms with Crippen molar-refractivity contribution in [2.24, 2.45) is 0 Å². The topological polar surface area (TPSA) is 34.9 Å². The van der Waals surface area contributed by atoms with Crippen molar-refractivity contribution in [1.82, 2.24) is 8.96 Å². The van der Waals surface area contributed by atoms with Crippen LogP contribution in [0.3, 0.4) is 0 Å². The molecular weight excluding hydrogens is 263 g/mol. The SMILES string of the molecule is O=Cc1cn(S)c2ncc(-c3cccc(F)c3)cc12. The molecule has 1 aromatic carbocycles. The summed E-state index contributed by atoms with van der Waals surface area (Å²) in [6, 6.07) is 8.06. The summed E-state index contributed by atoms with van der Waals surface area (Å²) in [5.74, 6) is -0.306. The van der Waals surface area contributed by atoms with Crippen LogP contribution in [0.2, 0.25) is 0 Å². The Morgan fingerprint density at radius 2 is 2.11 bits per heavy atom. The second-order valence-electron chi connectivity index (χ2n) is 4.15. The highest BCUT2D eigenvalue weighted by atomic mass is 32.1. The molecule has 0 radical (unpaired) electrons. The van der Waals surface area contributed by atoms with Crippen LogP contribution in [-0.2, 0) is 0 Å². The summed E-state index contributed by atoms with van der Waals surface area (Å²) in [6.45, 7) is 0. The van der Waals surface area contributed by atoms with E-state index in [4.69, 9.17) is 0 Å². The first-order chi connectivity index (χ1) is 9.19. The van der Waals surface area contributed by atoms with Gasteiger partial charge in [-0.05, 0) is 23.8 Å². The minimum absolute atomic E-state index is 0.306. The summed E-state index contributed by atoms with van der Waals surface area (Å²) < 4.78 is 14.7. The zero-order chi connectivity index (χ0) is 13.4. The lowest BCUT2D eigenvalue weighted by atomic mass is 10.1. The first-order valence-electron chi connectivity index (χ1n) is 5.60. The maximum absolute atomic E-state index is 13.2. The van der Waals surface area contributed by atoms with Gasteiger partial charge in [0.2, 0.25) is 0 Å². The quantitative estimate of drug-likeness (QED) is 0.573. The summed E-state index contributed by atoms with van der Waals surface area (Å²) in [5.41, 5.74) is 2.59. The van der Waals surface area contributed by atoms with Gasteiger partial charge in [0.15, 0.2) is 6.29 Å². The van der Waals surface area contributed by atoms with Crippen LogP contribution in [0, 0.1) is 5.82 Å². The van der Waals surface area contributed by atoms with Gasteiger partial charge in [0.25, 0.3) is 0 Å². The maximum Gasteiger partial charge on any atom is 0.152 e. The van der Waals surface area contributed by atoms with Crippen molar-refractivity contribution in [2.45, 2.75) is 0 Å². The summed E-state index contributed by atoms with van der Waals surface area (Å²) in [5, 5.41) is 0.701. The number of pyridine rings is 1. The molecule has 5 heteroatoms. The standard InChI is InChI=1S/C14H9FN2OS/c15-12-3-1-2-9(4-12)10-5-13-11(8-18)7-17(19)14(13)16-6-10/h1-8,19H. The molecule has 0 unspecified atom stereocenters. The number of halogens is 1. The molecule has 0 atom stereocenters. The largest absolute Gasteiger partial charge is 0.298 e. The predicted octanol–water partition coefficient (Wildman–Crippen LogP) is 3.35. The van der Waals surface area contributed by atoms with Crippen molar-refractivity contribution in [3.05, 3.63) is 54.1 Å². The molecule has 19 heavy (non-hydrogen) atoms. The predicted molar refractivity (Wildman–Crippen MR) is 74.9 cm³/mol. The first-order valence-corrected chi connectivity index (χ1v) is 6.00. The molecule has 0 amide bonds. The van der Waals surface area contributed by atoms with Gasteiger partial charge in [0.05, 0.1) is 0 Å². The van der Waals surface area contributed by atoms with Crippen molar-refractivity contribution < 1.29 is 9.18 Å².